The molecule has 2 aromatic rings. The van der Waals surface area contributed by atoms with Crippen LogP contribution in [0.25, 0.3) is 0 Å². The standard InChI is InChI=1S/C24H32N6O3S/c1-17(30-11-13-32-14-12-30)27-21(9-10-25)33-19-8-6-5-7-18(19)15-26-22(31)29-23-28-20(16-34-23)24(2,3)4/h5-10,16H,1,11-15,25H2,2-4H3,(H2,26,28,29,31)/b10-9-,27-21?. The topological polar surface area (TPSA) is 114 Å². The first-order valence-electron chi connectivity index (χ1n) is 11.0. The monoisotopic (exact) mass is 484 g/mol. The molecule has 0 aliphatic carbocycles. The summed E-state index contributed by atoms with van der Waals surface area (Å²) in [6.07, 6.45) is 2.93. The predicted octanol–water partition coefficient (Wildman–Crippen LogP) is 3.82. The van der Waals surface area contributed by atoms with Crippen molar-refractivity contribution >= 4 is 28.4 Å². The zero-order chi connectivity index (χ0) is 24.6. The zero-order valence-electron chi connectivity index (χ0n) is 19.8. The van der Waals surface area contributed by atoms with Crippen LogP contribution >= 0.6 is 11.3 Å². The van der Waals surface area contributed by atoms with Crippen molar-refractivity contribution in [3.05, 3.63) is 65.6 Å². The fourth-order valence-corrected chi connectivity index (χ4v) is 3.98. The van der Waals surface area contributed by atoms with Crippen LogP contribution in [0.4, 0.5) is 9.93 Å². The van der Waals surface area contributed by atoms with Gasteiger partial charge in [0.2, 0.25) is 5.90 Å². The molecule has 0 unspecified atom stereocenters. The molecule has 34 heavy (non-hydrogen) atoms. The lowest BCUT2D eigenvalue weighted by Gasteiger charge is -2.28. The van der Waals surface area contributed by atoms with Crippen LogP contribution in [0.15, 0.2) is 59.3 Å². The number of para-hydroxylation sites is 1. The number of hydrogen-bond acceptors (Lipinski definition) is 8. The van der Waals surface area contributed by atoms with Crippen molar-refractivity contribution in [3.8, 4) is 5.75 Å². The van der Waals surface area contributed by atoms with Crippen LogP contribution in [-0.2, 0) is 16.7 Å². The minimum absolute atomic E-state index is 0.0759. The van der Waals surface area contributed by atoms with E-state index in [2.05, 4.69) is 48.0 Å². The molecule has 1 saturated heterocycles. The van der Waals surface area contributed by atoms with Gasteiger partial charge in [-0.1, -0.05) is 45.5 Å². The number of urea groups is 1. The van der Waals surface area contributed by atoms with Crippen LogP contribution in [-0.4, -0.2) is 48.1 Å². The number of carbonyl (C=O) groups is 1. The molecule has 0 spiro atoms. The van der Waals surface area contributed by atoms with E-state index in [0.29, 0.717) is 48.9 Å². The first-order valence-corrected chi connectivity index (χ1v) is 11.9. The van der Waals surface area contributed by atoms with E-state index in [1.807, 2.05) is 34.5 Å². The molecule has 182 valence electrons. The van der Waals surface area contributed by atoms with Gasteiger partial charge in [0.25, 0.3) is 0 Å². The molecule has 2 amide bonds. The first-order chi connectivity index (χ1) is 16.3. The number of nitrogens with zero attached hydrogens (tertiary/aromatic N) is 3. The summed E-state index contributed by atoms with van der Waals surface area (Å²) in [5.41, 5.74) is 7.24. The quantitative estimate of drug-likeness (QED) is 0.407. The van der Waals surface area contributed by atoms with Crippen LogP contribution < -0.4 is 21.1 Å². The second kappa shape index (κ2) is 11.7. The SMILES string of the molecule is C=C(N=C(/C=C\N)Oc1ccccc1CNC(=O)Nc1nc(C(C)(C)C)cs1)N1CCOCC1. The Hall–Kier alpha value is -3.37. The van der Waals surface area contributed by atoms with Crippen molar-refractivity contribution in [2.75, 3.05) is 31.6 Å². The average molecular weight is 485 g/mol. The molecular formula is C24H32N6O3S. The smallest absolute Gasteiger partial charge is 0.321 e. The largest absolute Gasteiger partial charge is 0.439 e. The van der Waals surface area contributed by atoms with Gasteiger partial charge in [0.15, 0.2) is 5.13 Å². The lowest BCUT2D eigenvalue weighted by Crippen LogP contribution is -2.35. The number of aromatic nitrogens is 1. The Balaban J connectivity index is 1.63. The summed E-state index contributed by atoms with van der Waals surface area (Å²) in [4.78, 5) is 23.4. The number of nitrogens with two attached hydrogens (primary N) is 1. The molecule has 0 atom stereocenters. The molecule has 1 fully saturated rings. The zero-order valence-corrected chi connectivity index (χ0v) is 20.7. The van der Waals surface area contributed by atoms with E-state index in [1.165, 1.54) is 17.5 Å². The van der Waals surface area contributed by atoms with Gasteiger partial charge in [-0.3, -0.25) is 5.32 Å². The van der Waals surface area contributed by atoms with Gasteiger partial charge in [-0.15, -0.1) is 11.3 Å². The van der Waals surface area contributed by atoms with Crippen molar-refractivity contribution in [1.29, 1.82) is 0 Å². The van der Waals surface area contributed by atoms with Crippen LogP contribution in [0.5, 0.6) is 5.75 Å². The number of benzene rings is 1. The molecule has 1 aromatic heterocycles. The molecule has 9 nitrogen and oxygen atoms in total. The van der Waals surface area contributed by atoms with Gasteiger partial charge in [-0.05, 0) is 12.3 Å². The predicted molar refractivity (Wildman–Crippen MR) is 136 cm³/mol. The molecule has 10 heteroatoms. The molecule has 2 heterocycles. The number of hydrogen-bond donors (Lipinski definition) is 3. The third-order valence-electron chi connectivity index (χ3n) is 4.97. The van der Waals surface area contributed by atoms with Crippen molar-refractivity contribution in [3.63, 3.8) is 0 Å². The first kappa shape index (κ1) is 25.3. The minimum atomic E-state index is -0.346. The van der Waals surface area contributed by atoms with Gasteiger partial charge in [-0.25, -0.2) is 9.78 Å². The number of morpholine rings is 1. The van der Waals surface area contributed by atoms with Crippen LogP contribution in [0.1, 0.15) is 32.0 Å². The number of rotatable bonds is 7. The summed E-state index contributed by atoms with van der Waals surface area (Å²) in [6.45, 7) is 13.2. The number of carbonyl (C=O) groups excluding carboxylic acids is 1. The van der Waals surface area contributed by atoms with E-state index in [0.717, 1.165) is 11.3 Å². The van der Waals surface area contributed by atoms with Crippen molar-refractivity contribution < 1.29 is 14.3 Å². The maximum absolute atomic E-state index is 12.4. The molecular weight excluding hydrogens is 452 g/mol. The van der Waals surface area contributed by atoms with E-state index in [1.54, 1.807) is 6.08 Å². The molecule has 3 rings (SSSR count). The minimum Gasteiger partial charge on any atom is -0.439 e. The van der Waals surface area contributed by atoms with Crippen LogP contribution in [0, 0.1) is 0 Å². The lowest BCUT2D eigenvalue weighted by molar-refractivity contribution is 0.0533. The van der Waals surface area contributed by atoms with Crippen molar-refractivity contribution in [1.82, 2.24) is 15.2 Å². The maximum Gasteiger partial charge on any atom is 0.321 e. The highest BCUT2D eigenvalue weighted by Crippen LogP contribution is 2.26. The van der Waals surface area contributed by atoms with E-state index in [-0.39, 0.29) is 18.0 Å². The third-order valence-corrected chi connectivity index (χ3v) is 5.73. The Morgan fingerprint density at radius 3 is 2.76 bits per heavy atom. The Morgan fingerprint density at radius 1 is 1.35 bits per heavy atom. The fourth-order valence-electron chi connectivity index (χ4n) is 3.05. The molecule has 1 aliphatic rings. The summed E-state index contributed by atoms with van der Waals surface area (Å²) >= 11 is 1.40. The van der Waals surface area contributed by atoms with Gasteiger partial charge in [0.05, 0.1) is 18.9 Å². The van der Waals surface area contributed by atoms with E-state index < -0.39 is 0 Å². The molecule has 1 aromatic carbocycles. The Kier molecular flexibility index (Phi) is 8.67. The maximum atomic E-state index is 12.4. The Labute approximate surface area is 204 Å². The molecule has 1 aliphatic heterocycles. The third kappa shape index (κ3) is 7.32. The van der Waals surface area contributed by atoms with E-state index in [4.69, 9.17) is 15.2 Å². The van der Waals surface area contributed by atoms with Gasteiger partial charge in [0, 0.05) is 42.1 Å². The summed E-state index contributed by atoms with van der Waals surface area (Å²) < 4.78 is 11.4. The highest BCUT2D eigenvalue weighted by Gasteiger charge is 2.18. The van der Waals surface area contributed by atoms with Gasteiger partial charge < -0.3 is 25.4 Å². The summed E-state index contributed by atoms with van der Waals surface area (Å²) in [5.74, 6) is 1.43. The second-order valence-corrected chi connectivity index (χ2v) is 9.49. The van der Waals surface area contributed by atoms with Gasteiger partial charge >= 0.3 is 6.03 Å². The lowest BCUT2D eigenvalue weighted by atomic mass is 9.93. The molecule has 0 saturated carbocycles. The number of amides is 2. The van der Waals surface area contributed by atoms with Gasteiger partial charge in [0.1, 0.15) is 11.6 Å². The second-order valence-electron chi connectivity index (χ2n) is 8.63. The molecule has 4 N–H and O–H groups in total. The normalized spacial score (nSPS) is 14.8. The van der Waals surface area contributed by atoms with Crippen molar-refractivity contribution in [2.45, 2.75) is 32.7 Å². The Bertz CT molecular complexity index is 1050. The number of anilines is 1. The molecule has 0 bridgehead atoms. The molecule has 0 radical (unpaired) electrons. The highest BCUT2D eigenvalue weighted by molar-refractivity contribution is 7.13. The van der Waals surface area contributed by atoms with E-state index in [9.17, 15) is 4.79 Å². The van der Waals surface area contributed by atoms with Crippen LogP contribution in [0.3, 0.4) is 0 Å². The number of thiazole rings is 1. The number of nitrogens with one attached hydrogen (secondary N) is 2. The average Bonchev–Trinajstić information content (AvgIpc) is 3.28. The summed E-state index contributed by atoms with van der Waals surface area (Å²) in [5, 5.41) is 8.14. The highest BCUT2D eigenvalue weighted by atomic mass is 32.1. The summed E-state index contributed by atoms with van der Waals surface area (Å²) in [7, 11) is 0. The number of ether oxygens (including phenoxy) is 2. The van der Waals surface area contributed by atoms with Gasteiger partial charge in [-0.2, -0.15) is 4.99 Å². The van der Waals surface area contributed by atoms with E-state index >= 15 is 0 Å². The number of aliphatic imine (C=N–C) groups is 1. The van der Waals surface area contributed by atoms with Crippen LogP contribution in [0.2, 0.25) is 0 Å². The summed E-state index contributed by atoms with van der Waals surface area (Å²) in [6, 6.07) is 7.06. The Morgan fingerprint density at radius 2 is 2.09 bits per heavy atom. The fraction of sp³-hybridized carbons (Fsp3) is 0.375. The van der Waals surface area contributed by atoms with Crippen molar-refractivity contribution in [2.24, 2.45) is 10.7 Å².